The van der Waals surface area contributed by atoms with Gasteiger partial charge in [0, 0.05) is 26.2 Å². The largest absolute Gasteiger partial charge is 0.464 e. The van der Waals surface area contributed by atoms with Gasteiger partial charge in [-0.1, -0.05) is 0 Å². The molecule has 2 amide bonds. The van der Waals surface area contributed by atoms with Crippen molar-refractivity contribution in [3.63, 3.8) is 0 Å². The molecule has 2 heterocycles. The van der Waals surface area contributed by atoms with Crippen molar-refractivity contribution >= 4 is 6.03 Å². The smallest absolute Gasteiger partial charge is 0.401 e. The predicted molar refractivity (Wildman–Crippen MR) is 79.1 cm³/mol. The molecule has 1 fully saturated rings. The number of amides is 2. The summed E-state index contributed by atoms with van der Waals surface area (Å²) >= 11 is 0. The van der Waals surface area contributed by atoms with Crippen LogP contribution in [-0.2, 0) is 0 Å². The second-order valence-corrected chi connectivity index (χ2v) is 5.85. The highest BCUT2D eigenvalue weighted by atomic mass is 19.4. The normalized spacial score (nSPS) is 18.6. The number of rotatable bonds is 3. The Morgan fingerprint density at radius 3 is 2.65 bits per heavy atom. The van der Waals surface area contributed by atoms with Crippen LogP contribution in [0.3, 0.4) is 0 Å². The fraction of sp³-hybridized carbons (Fsp3) is 0.667. The number of hydrogen-bond acceptors (Lipinski definition) is 3. The Labute approximate surface area is 133 Å². The Balaban J connectivity index is 1.85. The molecular weight excluding hydrogens is 311 g/mol. The van der Waals surface area contributed by atoms with E-state index in [1.165, 1.54) is 4.90 Å². The van der Waals surface area contributed by atoms with Gasteiger partial charge >= 0.3 is 12.2 Å². The van der Waals surface area contributed by atoms with Crippen molar-refractivity contribution in [2.45, 2.75) is 32.5 Å². The first-order valence-corrected chi connectivity index (χ1v) is 7.65. The second-order valence-electron chi connectivity index (χ2n) is 5.85. The van der Waals surface area contributed by atoms with Crippen molar-refractivity contribution in [3.05, 3.63) is 23.7 Å². The van der Waals surface area contributed by atoms with Crippen LogP contribution >= 0.6 is 0 Å². The van der Waals surface area contributed by atoms with E-state index in [0.717, 1.165) is 5.76 Å². The van der Waals surface area contributed by atoms with Gasteiger partial charge in [0.05, 0.1) is 12.6 Å². The van der Waals surface area contributed by atoms with Crippen molar-refractivity contribution in [2.75, 3.05) is 32.7 Å². The average Bonchev–Trinajstić information content (AvgIpc) is 2.74. The van der Waals surface area contributed by atoms with E-state index >= 15 is 0 Å². The molecule has 5 nitrogen and oxygen atoms in total. The number of nitrogens with one attached hydrogen (secondary N) is 1. The molecule has 1 atom stereocenters. The van der Waals surface area contributed by atoms with E-state index < -0.39 is 12.7 Å². The molecule has 1 unspecified atom stereocenters. The zero-order chi connectivity index (χ0) is 17.0. The summed E-state index contributed by atoms with van der Waals surface area (Å²) in [6, 6.07) is 3.05. The number of nitrogens with zero attached hydrogens (tertiary/aromatic N) is 2. The van der Waals surface area contributed by atoms with E-state index in [1.54, 1.807) is 11.0 Å². The molecule has 0 radical (unpaired) electrons. The lowest BCUT2D eigenvalue weighted by Crippen LogP contribution is -2.43. The number of furan rings is 1. The van der Waals surface area contributed by atoms with Gasteiger partial charge in [-0.25, -0.2) is 4.79 Å². The Bertz CT molecular complexity index is 530. The van der Waals surface area contributed by atoms with Crippen molar-refractivity contribution in [2.24, 2.45) is 0 Å². The molecule has 130 valence electrons. The zero-order valence-electron chi connectivity index (χ0n) is 13.3. The molecule has 1 aromatic heterocycles. The Morgan fingerprint density at radius 1 is 1.30 bits per heavy atom. The molecule has 0 aliphatic carbocycles. The van der Waals surface area contributed by atoms with E-state index in [2.05, 4.69) is 5.32 Å². The first-order chi connectivity index (χ1) is 10.7. The number of halogens is 3. The third-order valence-corrected chi connectivity index (χ3v) is 3.81. The Morgan fingerprint density at radius 2 is 2.04 bits per heavy atom. The van der Waals surface area contributed by atoms with Gasteiger partial charge in [0.2, 0.25) is 0 Å². The van der Waals surface area contributed by atoms with E-state index in [4.69, 9.17) is 4.42 Å². The topological polar surface area (TPSA) is 48.7 Å². The third kappa shape index (κ3) is 5.46. The summed E-state index contributed by atoms with van der Waals surface area (Å²) in [5.74, 6) is 1.42. The summed E-state index contributed by atoms with van der Waals surface area (Å²) < 4.78 is 42.8. The fourth-order valence-electron chi connectivity index (χ4n) is 2.62. The van der Waals surface area contributed by atoms with Crippen molar-refractivity contribution in [1.82, 2.24) is 15.1 Å². The maximum Gasteiger partial charge on any atom is 0.401 e. The van der Waals surface area contributed by atoms with Crippen LogP contribution in [0.2, 0.25) is 0 Å². The third-order valence-electron chi connectivity index (χ3n) is 3.81. The standard InChI is InChI=1S/C15H22F3N3O2/c1-11-4-5-13(23-11)12(2)19-14(22)21-7-3-6-20(8-9-21)10-15(16,17)18/h4-5,12H,3,6-10H2,1-2H3,(H,19,22). The maximum absolute atomic E-state index is 12.4. The van der Waals surface area contributed by atoms with E-state index in [-0.39, 0.29) is 25.2 Å². The van der Waals surface area contributed by atoms with Gasteiger partial charge in [0.1, 0.15) is 11.5 Å². The summed E-state index contributed by atoms with van der Waals surface area (Å²) in [4.78, 5) is 15.2. The zero-order valence-corrected chi connectivity index (χ0v) is 13.3. The van der Waals surface area contributed by atoms with Crippen LogP contribution in [0, 0.1) is 6.92 Å². The van der Waals surface area contributed by atoms with E-state index in [0.29, 0.717) is 25.3 Å². The van der Waals surface area contributed by atoms with Crippen molar-refractivity contribution in [1.29, 1.82) is 0 Å². The summed E-state index contributed by atoms with van der Waals surface area (Å²) in [7, 11) is 0. The number of aryl methyl sites for hydroxylation is 1. The van der Waals surface area contributed by atoms with Crippen LogP contribution in [0.1, 0.15) is 30.9 Å². The lowest BCUT2D eigenvalue weighted by Gasteiger charge is -2.24. The fourth-order valence-corrected chi connectivity index (χ4v) is 2.62. The highest BCUT2D eigenvalue weighted by molar-refractivity contribution is 5.74. The lowest BCUT2D eigenvalue weighted by atomic mass is 10.2. The molecule has 23 heavy (non-hydrogen) atoms. The Hall–Kier alpha value is -1.70. The average molecular weight is 333 g/mol. The van der Waals surface area contributed by atoms with Gasteiger partial charge in [0.25, 0.3) is 0 Å². The van der Waals surface area contributed by atoms with Crippen molar-refractivity contribution in [3.8, 4) is 0 Å². The van der Waals surface area contributed by atoms with Crippen LogP contribution in [0.5, 0.6) is 0 Å². The Kier molecular flexibility index (Phi) is 5.56. The molecule has 2 rings (SSSR count). The van der Waals surface area contributed by atoms with Gasteiger partial charge in [-0.3, -0.25) is 4.90 Å². The summed E-state index contributed by atoms with van der Waals surface area (Å²) in [6.45, 7) is 4.00. The number of urea groups is 1. The molecule has 0 saturated carbocycles. The molecule has 1 aliphatic heterocycles. The van der Waals surface area contributed by atoms with Gasteiger partial charge in [-0.05, 0) is 32.4 Å². The molecule has 0 aromatic carbocycles. The predicted octanol–water partition coefficient (Wildman–Crippen LogP) is 2.93. The van der Waals surface area contributed by atoms with Gasteiger partial charge < -0.3 is 14.6 Å². The molecule has 0 bridgehead atoms. The van der Waals surface area contributed by atoms with Crippen LogP contribution in [-0.4, -0.2) is 54.7 Å². The minimum atomic E-state index is -4.21. The number of carbonyl (C=O) groups excluding carboxylic acids is 1. The van der Waals surface area contributed by atoms with E-state index in [9.17, 15) is 18.0 Å². The monoisotopic (exact) mass is 333 g/mol. The van der Waals surface area contributed by atoms with Crippen LogP contribution in [0.25, 0.3) is 0 Å². The highest BCUT2D eigenvalue weighted by Crippen LogP contribution is 2.18. The van der Waals surface area contributed by atoms with Gasteiger partial charge in [-0.2, -0.15) is 13.2 Å². The lowest BCUT2D eigenvalue weighted by molar-refractivity contribution is -0.145. The molecule has 1 N–H and O–H groups in total. The summed E-state index contributed by atoms with van der Waals surface area (Å²) in [6.07, 6.45) is -3.68. The summed E-state index contributed by atoms with van der Waals surface area (Å²) in [5.41, 5.74) is 0. The SMILES string of the molecule is Cc1ccc(C(C)NC(=O)N2CCCN(CC(F)(F)F)CC2)o1. The second kappa shape index (κ2) is 7.25. The minimum absolute atomic E-state index is 0.223. The number of carbonyl (C=O) groups is 1. The highest BCUT2D eigenvalue weighted by Gasteiger charge is 2.32. The molecular formula is C15H22F3N3O2. The number of hydrogen-bond donors (Lipinski definition) is 1. The van der Waals surface area contributed by atoms with Crippen LogP contribution < -0.4 is 5.32 Å². The molecule has 8 heteroatoms. The first kappa shape index (κ1) is 17.7. The molecule has 1 saturated heterocycles. The van der Waals surface area contributed by atoms with Crippen molar-refractivity contribution < 1.29 is 22.4 Å². The van der Waals surface area contributed by atoms with Gasteiger partial charge in [0.15, 0.2) is 0 Å². The maximum atomic E-state index is 12.4. The quantitative estimate of drug-likeness (QED) is 0.925. The van der Waals surface area contributed by atoms with E-state index in [1.807, 2.05) is 19.9 Å². The van der Waals surface area contributed by atoms with Crippen LogP contribution in [0.4, 0.5) is 18.0 Å². The molecule has 1 aliphatic rings. The molecule has 0 spiro atoms. The molecule has 1 aromatic rings. The summed E-state index contributed by atoms with van der Waals surface area (Å²) in [5, 5.41) is 2.82. The first-order valence-electron chi connectivity index (χ1n) is 7.65. The minimum Gasteiger partial charge on any atom is -0.464 e. The van der Waals surface area contributed by atoms with Gasteiger partial charge in [-0.15, -0.1) is 0 Å². The number of alkyl halides is 3. The van der Waals surface area contributed by atoms with Crippen LogP contribution in [0.15, 0.2) is 16.5 Å².